The van der Waals surface area contributed by atoms with E-state index in [1.807, 2.05) is 0 Å². The molecule has 1 unspecified atom stereocenters. The third-order valence-electron chi connectivity index (χ3n) is 4.89. The van der Waals surface area contributed by atoms with Crippen LogP contribution in [0.3, 0.4) is 0 Å². The van der Waals surface area contributed by atoms with Gasteiger partial charge >= 0.3 is 5.97 Å². The van der Waals surface area contributed by atoms with E-state index in [9.17, 15) is 19.2 Å². The summed E-state index contributed by atoms with van der Waals surface area (Å²) in [7, 11) is 0. The number of carbonyl (C=O) groups excluding carboxylic acids is 4. The average Bonchev–Trinajstić information content (AvgIpc) is 3.14. The molecule has 3 N–H and O–H groups in total. The first kappa shape index (κ1) is 21.0. The maximum atomic E-state index is 12.5. The van der Waals surface area contributed by atoms with Gasteiger partial charge in [-0.15, -0.1) is 0 Å². The van der Waals surface area contributed by atoms with Gasteiger partial charge < -0.3 is 20.7 Å². The van der Waals surface area contributed by atoms with Crippen LogP contribution < -0.4 is 16.0 Å². The Bertz CT molecular complexity index is 954. The molecular formula is C22H23N3O5. The Balaban J connectivity index is 1.57. The van der Waals surface area contributed by atoms with Gasteiger partial charge in [0, 0.05) is 30.8 Å². The van der Waals surface area contributed by atoms with E-state index >= 15 is 0 Å². The molecule has 8 nitrogen and oxygen atoms in total. The molecule has 156 valence electrons. The lowest BCUT2D eigenvalue weighted by Gasteiger charge is -2.17. The number of carbonyl (C=O) groups is 4. The van der Waals surface area contributed by atoms with Gasteiger partial charge in [0.15, 0.2) is 0 Å². The van der Waals surface area contributed by atoms with Crippen molar-refractivity contribution in [3.63, 3.8) is 0 Å². The largest absolute Gasteiger partial charge is 0.462 e. The van der Waals surface area contributed by atoms with E-state index in [1.54, 1.807) is 60.4 Å². The van der Waals surface area contributed by atoms with Crippen LogP contribution >= 0.6 is 0 Å². The van der Waals surface area contributed by atoms with Crippen LogP contribution in [0.4, 0.5) is 5.69 Å². The number of anilines is 1. The van der Waals surface area contributed by atoms with Crippen molar-refractivity contribution in [1.29, 1.82) is 0 Å². The molecule has 3 amide bonds. The van der Waals surface area contributed by atoms with Crippen LogP contribution in [0, 0.1) is 5.92 Å². The Morgan fingerprint density at radius 2 is 1.70 bits per heavy atom. The second kappa shape index (κ2) is 9.21. The molecule has 2 aromatic carbocycles. The quantitative estimate of drug-likeness (QED) is 0.674. The number of nitrogens with zero attached hydrogens (tertiary/aromatic N) is 1. The minimum atomic E-state index is -0.509. The molecule has 8 heteroatoms. The fraction of sp³-hybridized carbons (Fsp3) is 0.273. The molecule has 1 heterocycles. The first-order valence-electron chi connectivity index (χ1n) is 9.63. The topological polar surface area (TPSA) is 119 Å². The lowest BCUT2D eigenvalue weighted by Crippen LogP contribution is -2.32. The summed E-state index contributed by atoms with van der Waals surface area (Å²) in [5.74, 6) is -1.76. The van der Waals surface area contributed by atoms with E-state index in [-0.39, 0.29) is 37.9 Å². The highest BCUT2D eigenvalue weighted by Crippen LogP contribution is 2.25. The normalized spacial score (nSPS) is 15.7. The van der Waals surface area contributed by atoms with E-state index in [0.717, 1.165) is 5.56 Å². The van der Waals surface area contributed by atoms with Gasteiger partial charge in [-0.25, -0.2) is 4.79 Å². The van der Waals surface area contributed by atoms with Crippen molar-refractivity contribution in [1.82, 2.24) is 5.32 Å². The van der Waals surface area contributed by atoms with Gasteiger partial charge in [0.1, 0.15) is 0 Å². The smallest absolute Gasteiger partial charge is 0.338 e. The summed E-state index contributed by atoms with van der Waals surface area (Å²) in [6.45, 7) is 2.58. The molecule has 0 spiro atoms. The van der Waals surface area contributed by atoms with Gasteiger partial charge in [-0.1, -0.05) is 12.1 Å². The monoisotopic (exact) mass is 409 g/mol. The Labute approximate surface area is 174 Å². The lowest BCUT2D eigenvalue weighted by atomic mass is 10.1. The molecule has 2 aromatic rings. The summed E-state index contributed by atoms with van der Waals surface area (Å²) in [5.41, 5.74) is 7.47. The molecule has 30 heavy (non-hydrogen) atoms. The average molecular weight is 409 g/mol. The number of ether oxygens (including phenoxy) is 1. The molecule has 1 fully saturated rings. The van der Waals surface area contributed by atoms with Gasteiger partial charge in [-0.2, -0.15) is 0 Å². The number of nitrogens with two attached hydrogens (primary N) is 1. The minimum absolute atomic E-state index is 0.117. The Hall–Kier alpha value is -3.68. The van der Waals surface area contributed by atoms with Gasteiger partial charge in [-0.3, -0.25) is 14.4 Å². The summed E-state index contributed by atoms with van der Waals surface area (Å²) in [4.78, 5) is 49.3. The third kappa shape index (κ3) is 4.83. The number of benzene rings is 2. The molecule has 3 rings (SSSR count). The first-order valence-corrected chi connectivity index (χ1v) is 9.63. The SMILES string of the molecule is CCOC(=O)c1ccc(N2CC(C(=O)NCc3ccc(C(N)=O)cc3)CC2=O)cc1. The van der Waals surface area contributed by atoms with Crippen molar-refractivity contribution in [2.24, 2.45) is 11.7 Å². The number of esters is 1. The van der Waals surface area contributed by atoms with Crippen LogP contribution in [-0.2, 0) is 20.9 Å². The van der Waals surface area contributed by atoms with Crippen LogP contribution in [-0.4, -0.2) is 36.8 Å². The second-order valence-corrected chi connectivity index (χ2v) is 6.95. The summed E-state index contributed by atoms with van der Waals surface area (Å²) < 4.78 is 4.95. The van der Waals surface area contributed by atoms with Gasteiger partial charge in [0.05, 0.1) is 18.1 Å². The van der Waals surface area contributed by atoms with E-state index < -0.39 is 17.8 Å². The van der Waals surface area contributed by atoms with Crippen LogP contribution in [0.1, 0.15) is 39.6 Å². The molecule has 1 aliphatic heterocycles. The zero-order chi connectivity index (χ0) is 21.7. The van der Waals surface area contributed by atoms with Gasteiger partial charge in [0.2, 0.25) is 17.7 Å². The molecule has 0 aromatic heterocycles. The highest BCUT2D eigenvalue weighted by atomic mass is 16.5. The number of nitrogens with one attached hydrogen (secondary N) is 1. The van der Waals surface area contributed by atoms with Crippen LogP contribution in [0.5, 0.6) is 0 Å². The van der Waals surface area contributed by atoms with E-state index in [2.05, 4.69) is 5.32 Å². The Morgan fingerprint density at radius 1 is 1.07 bits per heavy atom. The highest BCUT2D eigenvalue weighted by molar-refractivity contribution is 6.00. The van der Waals surface area contributed by atoms with Crippen molar-refractivity contribution >= 4 is 29.4 Å². The molecule has 1 saturated heterocycles. The van der Waals surface area contributed by atoms with Crippen LogP contribution in [0.15, 0.2) is 48.5 Å². The molecule has 0 radical (unpaired) electrons. The minimum Gasteiger partial charge on any atom is -0.462 e. The molecule has 1 aliphatic rings. The zero-order valence-electron chi connectivity index (χ0n) is 16.6. The summed E-state index contributed by atoms with van der Waals surface area (Å²) in [6, 6.07) is 13.2. The fourth-order valence-electron chi connectivity index (χ4n) is 3.25. The van der Waals surface area contributed by atoms with E-state index in [0.29, 0.717) is 16.8 Å². The number of hydrogen-bond donors (Lipinski definition) is 2. The highest BCUT2D eigenvalue weighted by Gasteiger charge is 2.35. The number of rotatable bonds is 7. The Morgan fingerprint density at radius 3 is 2.30 bits per heavy atom. The number of hydrogen-bond acceptors (Lipinski definition) is 5. The predicted octanol–water partition coefficient (Wildman–Crippen LogP) is 1.63. The molecule has 1 atom stereocenters. The molecule has 0 saturated carbocycles. The van der Waals surface area contributed by atoms with Gasteiger partial charge in [0.25, 0.3) is 0 Å². The number of amides is 3. The molecule has 0 bridgehead atoms. The van der Waals surface area contributed by atoms with E-state index in [4.69, 9.17) is 10.5 Å². The standard InChI is InChI=1S/C22H23N3O5/c1-2-30-22(29)16-7-9-18(10-8-16)25-13-17(11-19(25)26)21(28)24-12-14-3-5-15(6-4-14)20(23)27/h3-10,17H,2,11-13H2,1H3,(H2,23,27)(H,24,28). The van der Waals surface area contributed by atoms with Crippen LogP contribution in [0.25, 0.3) is 0 Å². The maximum Gasteiger partial charge on any atom is 0.338 e. The van der Waals surface area contributed by atoms with Crippen molar-refractivity contribution in [2.75, 3.05) is 18.1 Å². The number of primary amides is 1. The fourth-order valence-corrected chi connectivity index (χ4v) is 3.25. The van der Waals surface area contributed by atoms with E-state index in [1.165, 1.54) is 0 Å². The van der Waals surface area contributed by atoms with Crippen molar-refractivity contribution in [2.45, 2.75) is 19.9 Å². The summed E-state index contributed by atoms with van der Waals surface area (Å²) in [5, 5.41) is 2.83. The van der Waals surface area contributed by atoms with Crippen molar-refractivity contribution in [3.8, 4) is 0 Å². The first-order chi connectivity index (χ1) is 14.4. The second-order valence-electron chi connectivity index (χ2n) is 6.95. The van der Waals surface area contributed by atoms with Crippen molar-refractivity contribution < 1.29 is 23.9 Å². The van der Waals surface area contributed by atoms with Crippen LogP contribution in [0.2, 0.25) is 0 Å². The third-order valence-corrected chi connectivity index (χ3v) is 4.89. The van der Waals surface area contributed by atoms with Gasteiger partial charge in [-0.05, 0) is 48.9 Å². The zero-order valence-corrected chi connectivity index (χ0v) is 16.6. The summed E-state index contributed by atoms with van der Waals surface area (Å²) in [6.07, 6.45) is 0.117. The molecule has 0 aliphatic carbocycles. The summed E-state index contributed by atoms with van der Waals surface area (Å²) >= 11 is 0. The Kier molecular flexibility index (Phi) is 6.46. The maximum absolute atomic E-state index is 12.5. The van der Waals surface area contributed by atoms with Crippen molar-refractivity contribution in [3.05, 3.63) is 65.2 Å². The molecular weight excluding hydrogens is 386 g/mol. The predicted molar refractivity (Wildman–Crippen MR) is 110 cm³/mol. The lowest BCUT2D eigenvalue weighted by molar-refractivity contribution is -0.126.